The van der Waals surface area contributed by atoms with Crippen LogP contribution in [-0.4, -0.2) is 51.6 Å². The quantitative estimate of drug-likeness (QED) is 0.518. The van der Waals surface area contributed by atoms with Crippen LogP contribution in [-0.2, 0) is 24.4 Å². The molecule has 140 valence electrons. The Morgan fingerprint density at radius 1 is 1.24 bits per heavy atom. The minimum atomic E-state index is -3.87. The van der Waals surface area contributed by atoms with Crippen molar-refractivity contribution in [1.29, 1.82) is 0 Å². The van der Waals surface area contributed by atoms with Gasteiger partial charge in [0.25, 0.3) is 15.9 Å². The van der Waals surface area contributed by atoms with Crippen LogP contribution in [0.3, 0.4) is 0 Å². The highest BCUT2D eigenvalue weighted by Crippen LogP contribution is 2.16. The fourth-order valence-corrected chi connectivity index (χ4v) is 3.03. The van der Waals surface area contributed by atoms with Crippen LogP contribution >= 0.6 is 0 Å². The van der Waals surface area contributed by atoms with E-state index in [0.29, 0.717) is 4.47 Å². The van der Waals surface area contributed by atoms with E-state index in [1.807, 2.05) is 13.8 Å². The van der Waals surface area contributed by atoms with Gasteiger partial charge < -0.3 is 10.1 Å². The normalized spacial score (nSPS) is 11.6. The summed E-state index contributed by atoms with van der Waals surface area (Å²) in [6.45, 7) is 3.47. The zero-order chi connectivity index (χ0) is 19.0. The maximum Gasteiger partial charge on any atom is 0.338 e. The molecule has 0 heterocycles. The SMILES string of the molecule is CCC(CC)NC(=O)COC(=O)c1cccc(S(=O)(=O)N(C)OC)c1. The van der Waals surface area contributed by atoms with Crippen molar-refractivity contribution in [3.05, 3.63) is 29.8 Å². The molecule has 8 nitrogen and oxygen atoms in total. The topological polar surface area (TPSA) is 102 Å². The van der Waals surface area contributed by atoms with E-state index < -0.39 is 28.5 Å². The minimum Gasteiger partial charge on any atom is -0.452 e. The molecule has 0 aliphatic carbocycles. The van der Waals surface area contributed by atoms with Gasteiger partial charge >= 0.3 is 5.97 Å². The van der Waals surface area contributed by atoms with E-state index in [4.69, 9.17) is 4.74 Å². The third kappa shape index (κ3) is 5.80. The molecular weight excluding hydrogens is 348 g/mol. The van der Waals surface area contributed by atoms with Crippen molar-refractivity contribution in [2.24, 2.45) is 0 Å². The number of hydrogen-bond acceptors (Lipinski definition) is 6. The van der Waals surface area contributed by atoms with Gasteiger partial charge in [0, 0.05) is 13.1 Å². The molecule has 0 aromatic heterocycles. The molecule has 1 aromatic carbocycles. The van der Waals surface area contributed by atoms with Crippen molar-refractivity contribution < 1.29 is 27.6 Å². The number of sulfonamides is 1. The van der Waals surface area contributed by atoms with Gasteiger partial charge in [0.05, 0.1) is 17.6 Å². The van der Waals surface area contributed by atoms with Gasteiger partial charge in [-0.05, 0) is 31.0 Å². The van der Waals surface area contributed by atoms with E-state index in [2.05, 4.69) is 10.2 Å². The Morgan fingerprint density at radius 3 is 2.44 bits per heavy atom. The Kier molecular flexibility index (Phi) is 8.01. The first-order valence-corrected chi connectivity index (χ1v) is 9.29. The average Bonchev–Trinajstić information content (AvgIpc) is 2.63. The summed E-state index contributed by atoms with van der Waals surface area (Å²) in [5.74, 6) is -1.18. The smallest absolute Gasteiger partial charge is 0.338 e. The highest BCUT2D eigenvalue weighted by Gasteiger charge is 2.22. The van der Waals surface area contributed by atoms with E-state index in [1.54, 1.807) is 0 Å². The predicted octanol–water partition coefficient (Wildman–Crippen LogP) is 1.33. The van der Waals surface area contributed by atoms with Crippen molar-refractivity contribution >= 4 is 21.9 Å². The molecule has 1 rings (SSSR count). The number of amides is 1. The molecule has 0 bridgehead atoms. The van der Waals surface area contributed by atoms with Gasteiger partial charge in [-0.3, -0.25) is 9.63 Å². The van der Waals surface area contributed by atoms with Gasteiger partial charge in [0.15, 0.2) is 6.61 Å². The number of nitrogens with zero attached hydrogens (tertiary/aromatic N) is 1. The first kappa shape index (κ1) is 21.1. The van der Waals surface area contributed by atoms with Crippen molar-refractivity contribution in [2.45, 2.75) is 37.6 Å². The molecule has 1 amide bonds. The molecule has 0 saturated heterocycles. The van der Waals surface area contributed by atoms with Gasteiger partial charge in [-0.25, -0.2) is 13.2 Å². The summed E-state index contributed by atoms with van der Waals surface area (Å²) in [6.07, 6.45) is 1.56. The largest absolute Gasteiger partial charge is 0.452 e. The Hall–Kier alpha value is -1.97. The molecule has 0 unspecified atom stereocenters. The monoisotopic (exact) mass is 372 g/mol. The third-order valence-corrected chi connectivity index (χ3v) is 5.32. The van der Waals surface area contributed by atoms with Gasteiger partial charge in [0.2, 0.25) is 0 Å². The van der Waals surface area contributed by atoms with Crippen molar-refractivity contribution in [3.63, 3.8) is 0 Å². The molecule has 0 radical (unpaired) electrons. The first-order chi connectivity index (χ1) is 11.8. The molecule has 0 aliphatic rings. The van der Waals surface area contributed by atoms with Crippen molar-refractivity contribution in [3.8, 4) is 0 Å². The van der Waals surface area contributed by atoms with Crippen LogP contribution in [0.25, 0.3) is 0 Å². The van der Waals surface area contributed by atoms with Crippen molar-refractivity contribution in [1.82, 2.24) is 9.79 Å². The standard InChI is InChI=1S/C16H24N2O6S/c1-5-13(6-2)17-15(19)11-24-16(20)12-8-7-9-14(10-12)25(21,22)18(3)23-4/h7-10,13H,5-6,11H2,1-4H3,(H,17,19). The van der Waals surface area contributed by atoms with Crippen molar-refractivity contribution in [2.75, 3.05) is 20.8 Å². The fraction of sp³-hybridized carbons (Fsp3) is 0.500. The van der Waals surface area contributed by atoms with Crippen LogP contribution in [0.2, 0.25) is 0 Å². The highest BCUT2D eigenvalue weighted by atomic mass is 32.2. The van der Waals surface area contributed by atoms with Gasteiger partial charge in [-0.2, -0.15) is 0 Å². The number of hydrogen-bond donors (Lipinski definition) is 1. The summed E-state index contributed by atoms with van der Waals surface area (Å²) in [6, 6.07) is 5.36. The molecule has 0 spiro atoms. The second-order valence-corrected chi connectivity index (χ2v) is 7.22. The minimum absolute atomic E-state index is 0.0286. The Morgan fingerprint density at radius 2 is 1.88 bits per heavy atom. The molecular formula is C16H24N2O6S. The van der Waals surface area contributed by atoms with E-state index in [9.17, 15) is 18.0 Å². The lowest BCUT2D eigenvalue weighted by Gasteiger charge is -2.15. The lowest BCUT2D eigenvalue weighted by molar-refractivity contribution is -0.125. The number of carbonyl (C=O) groups is 2. The maximum atomic E-state index is 12.2. The zero-order valence-electron chi connectivity index (χ0n) is 14.8. The number of ether oxygens (including phenoxy) is 1. The summed E-state index contributed by atoms with van der Waals surface area (Å²) in [4.78, 5) is 28.4. The number of rotatable bonds is 9. The van der Waals surface area contributed by atoms with Crippen LogP contribution in [0.4, 0.5) is 0 Å². The van der Waals surface area contributed by atoms with Gasteiger partial charge in [0.1, 0.15) is 0 Å². The Labute approximate surface area is 148 Å². The fourth-order valence-electron chi connectivity index (χ4n) is 2.01. The molecule has 0 saturated carbocycles. The third-order valence-electron chi connectivity index (χ3n) is 3.65. The number of hydroxylamine groups is 1. The second-order valence-electron chi connectivity index (χ2n) is 5.28. The maximum absolute atomic E-state index is 12.2. The molecule has 0 aliphatic heterocycles. The summed E-state index contributed by atoms with van der Waals surface area (Å²) in [5, 5.41) is 2.75. The van der Waals surface area contributed by atoms with Crippen LogP contribution < -0.4 is 5.32 Å². The van der Waals surface area contributed by atoms with Gasteiger partial charge in [-0.15, -0.1) is 0 Å². The lowest BCUT2D eigenvalue weighted by atomic mass is 10.2. The predicted molar refractivity (Wildman–Crippen MR) is 91.2 cm³/mol. The first-order valence-electron chi connectivity index (χ1n) is 7.85. The molecule has 25 heavy (non-hydrogen) atoms. The number of benzene rings is 1. The second kappa shape index (κ2) is 9.50. The summed E-state index contributed by atoms with van der Waals surface area (Å²) >= 11 is 0. The summed E-state index contributed by atoms with van der Waals surface area (Å²) in [5.41, 5.74) is 0.0286. The molecule has 0 fully saturated rings. The van der Waals surface area contributed by atoms with Crippen LogP contribution in [0, 0.1) is 0 Å². The van der Waals surface area contributed by atoms with Crippen LogP contribution in [0.15, 0.2) is 29.2 Å². The number of carbonyl (C=O) groups excluding carboxylic acids is 2. The van der Waals surface area contributed by atoms with Crippen LogP contribution in [0.1, 0.15) is 37.0 Å². The average molecular weight is 372 g/mol. The highest BCUT2D eigenvalue weighted by molar-refractivity contribution is 7.89. The summed E-state index contributed by atoms with van der Waals surface area (Å²) < 4.78 is 30.0. The van der Waals surface area contributed by atoms with E-state index >= 15 is 0 Å². The molecule has 0 atom stereocenters. The number of esters is 1. The van der Waals surface area contributed by atoms with E-state index in [-0.39, 0.29) is 16.5 Å². The summed E-state index contributed by atoms with van der Waals surface area (Å²) in [7, 11) is -1.42. The van der Waals surface area contributed by atoms with E-state index in [1.165, 1.54) is 38.4 Å². The molecule has 9 heteroatoms. The number of nitrogens with one attached hydrogen (secondary N) is 1. The lowest BCUT2D eigenvalue weighted by Crippen LogP contribution is -2.36. The van der Waals surface area contributed by atoms with Gasteiger partial charge in [-0.1, -0.05) is 24.4 Å². The Balaban J connectivity index is 2.77. The van der Waals surface area contributed by atoms with E-state index in [0.717, 1.165) is 12.8 Å². The van der Waals surface area contributed by atoms with Crippen LogP contribution in [0.5, 0.6) is 0 Å². The zero-order valence-corrected chi connectivity index (χ0v) is 15.6. The molecule has 1 aromatic rings. The Bertz CT molecular complexity index is 700. The molecule has 1 N–H and O–H groups in total.